The fourth-order valence-electron chi connectivity index (χ4n) is 1.72. The third-order valence-corrected chi connectivity index (χ3v) is 2.98. The Morgan fingerprint density at radius 1 is 1.09 bits per heavy atom. The zero-order valence-electron chi connectivity index (χ0n) is 12.8. The molecule has 0 spiro atoms. The second-order valence-electron chi connectivity index (χ2n) is 4.59. The number of nitrogens with one attached hydrogen (secondary N) is 1. The maximum absolute atomic E-state index is 12.8. The molecule has 122 valence electrons. The molecule has 0 fully saturated rings. The molecule has 0 aliphatic heterocycles. The molecular weight excluding hydrogens is 291 g/mol. The molecule has 0 saturated carbocycles. The predicted molar refractivity (Wildman–Crippen MR) is 78.6 cm³/mol. The van der Waals surface area contributed by atoms with Gasteiger partial charge in [-0.15, -0.1) is 0 Å². The molecule has 1 N–H and O–H groups in total. The van der Waals surface area contributed by atoms with Crippen LogP contribution in [0.1, 0.15) is 5.56 Å². The molecule has 6 nitrogen and oxygen atoms in total. The van der Waals surface area contributed by atoms with Crippen LogP contribution >= 0.6 is 0 Å². The SMILES string of the molecule is COCCN(CCOC)C(=O)C(=O)NCc1ccc(F)cc1. The van der Waals surface area contributed by atoms with E-state index >= 15 is 0 Å². The summed E-state index contributed by atoms with van der Waals surface area (Å²) < 4.78 is 22.6. The van der Waals surface area contributed by atoms with E-state index in [9.17, 15) is 14.0 Å². The second kappa shape index (κ2) is 9.86. The van der Waals surface area contributed by atoms with Crippen LogP contribution in [0.25, 0.3) is 0 Å². The van der Waals surface area contributed by atoms with Crippen LogP contribution in [0.4, 0.5) is 4.39 Å². The quantitative estimate of drug-likeness (QED) is 0.712. The zero-order chi connectivity index (χ0) is 16.4. The van der Waals surface area contributed by atoms with Gasteiger partial charge in [0.2, 0.25) is 0 Å². The van der Waals surface area contributed by atoms with Crippen molar-refractivity contribution in [1.82, 2.24) is 10.2 Å². The van der Waals surface area contributed by atoms with Gasteiger partial charge in [-0.05, 0) is 17.7 Å². The number of hydrogen-bond donors (Lipinski definition) is 1. The molecule has 7 heteroatoms. The van der Waals surface area contributed by atoms with E-state index < -0.39 is 11.8 Å². The van der Waals surface area contributed by atoms with Crippen molar-refractivity contribution >= 4 is 11.8 Å². The summed E-state index contributed by atoms with van der Waals surface area (Å²) >= 11 is 0. The highest BCUT2D eigenvalue weighted by atomic mass is 19.1. The largest absolute Gasteiger partial charge is 0.383 e. The average molecular weight is 312 g/mol. The number of halogens is 1. The van der Waals surface area contributed by atoms with Crippen LogP contribution < -0.4 is 5.32 Å². The van der Waals surface area contributed by atoms with Crippen molar-refractivity contribution in [3.63, 3.8) is 0 Å². The molecule has 0 aliphatic carbocycles. The first kappa shape index (κ1) is 18.1. The van der Waals surface area contributed by atoms with Crippen LogP contribution in [0.15, 0.2) is 24.3 Å². The third kappa shape index (κ3) is 6.19. The molecular formula is C15H21FN2O4. The fourth-order valence-corrected chi connectivity index (χ4v) is 1.72. The summed E-state index contributed by atoms with van der Waals surface area (Å²) in [5, 5.41) is 2.52. The second-order valence-corrected chi connectivity index (χ2v) is 4.59. The van der Waals surface area contributed by atoms with Crippen LogP contribution in [-0.4, -0.2) is 57.2 Å². The molecule has 0 bridgehead atoms. The van der Waals surface area contributed by atoms with Gasteiger partial charge in [0.05, 0.1) is 13.2 Å². The van der Waals surface area contributed by atoms with Crippen LogP contribution in [-0.2, 0) is 25.6 Å². The van der Waals surface area contributed by atoms with E-state index in [0.29, 0.717) is 31.9 Å². The molecule has 1 aromatic carbocycles. The summed E-state index contributed by atoms with van der Waals surface area (Å²) in [7, 11) is 3.04. The van der Waals surface area contributed by atoms with Crippen LogP contribution in [0.3, 0.4) is 0 Å². The first-order valence-corrected chi connectivity index (χ1v) is 6.88. The normalized spacial score (nSPS) is 10.3. The van der Waals surface area contributed by atoms with E-state index in [4.69, 9.17) is 9.47 Å². The van der Waals surface area contributed by atoms with Crippen molar-refractivity contribution < 1.29 is 23.5 Å². The van der Waals surface area contributed by atoms with Gasteiger partial charge < -0.3 is 19.7 Å². The minimum Gasteiger partial charge on any atom is -0.383 e. The van der Waals surface area contributed by atoms with E-state index in [-0.39, 0.29) is 12.4 Å². The molecule has 0 aliphatic rings. The lowest BCUT2D eigenvalue weighted by molar-refractivity contribution is -0.146. The highest BCUT2D eigenvalue weighted by molar-refractivity contribution is 6.34. The number of rotatable bonds is 8. The zero-order valence-corrected chi connectivity index (χ0v) is 12.8. The summed E-state index contributed by atoms with van der Waals surface area (Å²) in [6, 6.07) is 5.70. The molecule has 0 atom stereocenters. The van der Waals surface area contributed by atoms with Gasteiger partial charge in [-0.2, -0.15) is 0 Å². The Hall–Kier alpha value is -1.99. The Kier molecular flexibility index (Phi) is 8.09. The number of benzene rings is 1. The van der Waals surface area contributed by atoms with E-state index in [0.717, 1.165) is 0 Å². The number of hydrogen-bond acceptors (Lipinski definition) is 4. The molecule has 1 aromatic rings. The van der Waals surface area contributed by atoms with Gasteiger partial charge in [-0.25, -0.2) is 4.39 Å². The lowest BCUT2D eigenvalue weighted by Gasteiger charge is -2.21. The predicted octanol–water partition coefficient (Wildman–Crippen LogP) is 0.563. The van der Waals surface area contributed by atoms with Crippen LogP contribution in [0.5, 0.6) is 0 Å². The molecule has 0 saturated heterocycles. The summed E-state index contributed by atoms with van der Waals surface area (Å²) in [6.45, 7) is 1.44. The number of amides is 2. The summed E-state index contributed by atoms with van der Waals surface area (Å²) in [5.41, 5.74) is 0.711. The van der Waals surface area contributed by atoms with E-state index in [2.05, 4.69) is 5.32 Å². The number of ether oxygens (including phenoxy) is 2. The van der Waals surface area contributed by atoms with Crippen molar-refractivity contribution in [2.45, 2.75) is 6.54 Å². The van der Waals surface area contributed by atoms with Gasteiger partial charge in [-0.1, -0.05) is 12.1 Å². The Balaban J connectivity index is 2.52. The van der Waals surface area contributed by atoms with Crippen molar-refractivity contribution in [3.8, 4) is 0 Å². The summed E-state index contributed by atoms with van der Waals surface area (Å²) in [4.78, 5) is 25.3. The highest BCUT2D eigenvalue weighted by Gasteiger charge is 2.21. The number of methoxy groups -OCH3 is 2. The minimum absolute atomic E-state index is 0.160. The summed E-state index contributed by atoms with van der Waals surface area (Å²) in [5.74, 6) is -1.70. The summed E-state index contributed by atoms with van der Waals surface area (Å²) in [6.07, 6.45) is 0. The lowest BCUT2D eigenvalue weighted by atomic mass is 10.2. The fraction of sp³-hybridized carbons (Fsp3) is 0.467. The number of nitrogens with zero attached hydrogens (tertiary/aromatic N) is 1. The Labute approximate surface area is 129 Å². The van der Waals surface area contributed by atoms with E-state index in [1.54, 1.807) is 12.1 Å². The molecule has 0 aromatic heterocycles. The van der Waals surface area contributed by atoms with Gasteiger partial charge >= 0.3 is 11.8 Å². The molecule has 0 unspecified atom stereocenters. The van der Waals surface area contributed by atoms with Crippen molar-refractivity contribution in [2.24, 2.45) is 0 Å². The van der Waals surface area contributed by atoms with Gasteiger partial charge in [0, 0.05) is 33.9 Å². The lowest BCUT2D eigenvalue weighted by Crippen LogP contribution is -2.45. The molecule has 2 amide bonds. The highest BCUT2D eigenvalue weighted by Crippen LogP contribution is 2.02. The number of carbonyl (C=O) groups excluding carboxylic acids is 2. The van der Waals surface area contributed by atoms with E-state index in [1.165, 1.54) is 31.3 Å². The smallest absolute Gasteiger partial charge is 0.312 e. The van der Waals surface area contributed by atoms with Crippen molar-refractivity contribution in [1.29, 1.82) is 0 Å². The van der Waals surface area contributed by atoms with Crippen LogP contribution in [0.2, 0.25) is 0 Å². The maximum Gasteiger partial charge on any atom is 0.312 e. The third-order valence-electron chi connectivity index (χ3n) is 2.98. The minimum atomic E-state index is -0.712. The Morgan fingerprint density at radius 3 is 2.14 bits per heavy atom. The first-order chi connectivity index (χ1) is 10.6. The van der Waals surface area contributed by atoms with Gasteiger partial charge in [0.15, 0.2) is 0 Å². The maximum atomic E-state index is 12.8. The number of carbonyl (C=O) groups is 2. The Bertz CT molecular complexity index is 471. The molecule has 0 heterocycles. The van der Waals surface area contributed by atoms with E-state index in [1.807, 2.05) is 0 Å². The first-order valence-electron chi connectivity index (χ1n) is 6.88. The van der Waals surface area contributed by atoms with Crippen molar-refractivity contribution in [2.75, 3.05) is 40.5 Å². The standard InChI is InChI=1S/C15H21FN2O4/c1-21-9-7-18(8-10-22-2)15(20)14(19)17-11-12-3-5-13(16)6-4-12/h3-6H,7-11H2,1-2H3,(H,17,19). The Morgan fingerprint density at radius 2 is 1.64 bits per heavy atom. The van der Waals surface area contributed by atoms with Gasteiger partial charge in [0.25, 0.3) is 0 Å². The molecule has 1 rings (SSSR count). The molecule has 22 heavy (non-hydrogen) atoms. The van der Waals surface area contributed by atoms with Gasteiger partial charge in [-0.3, -0.25) is 9.59 Å². The topological polar surface area (TPSA) is 67.9 Å². The average Bonchev–Trinajstić information content (AvgIpc) is 2.53. The van der Waals surface area contributed by atoms with Crippen molar-refractivity contribution in [3.05, 3.63) is 35.6 Å². The molecule has 0 radical (unpaired) electrons. The monoisotopic (exact) mass is 312 g/mol. The van der Waals surface area contributed by atoms with Crippen LogP contribution in [0, 0.1) is 5.82 Å². The van der Waals surface area contributed by atoms with Gasteiger partial charge in [0.1, 0.15) is 5.82 Å².